The van der Waals surface area contributed by atoms with E-state index in [1.54, 1.807) is 0 Å². The van der Waals surface area contributed by atoms with Crippen LogP contribution in [0.2, 0.25) is 0 Å². The van der Waals surface area contributed by atoms with Gasteiger partial charge < -0.3 is 0 Å². The maximum absolute atomic E-state index is 11.2. The molecule has 0 aliphatic heterocycles. The van der Waals surface area contributed by atoms with Crippen molar-refractivity contribution in [2.24, 2.45) is 0 Å². The maximum Gasteiger partial charge on any atom is 0.268 e. The Labute approximate surface area is 97.2 Å². The average molecular weight is 242 g/mol. The molecule has 0 aliphatic rings. The monoisotopic (exact) mass is 242 g/mol. The van der Waals surface area contributed by atoms with Gasteiger partial charge >= 0.3 is 0 Å². The summed E-state index contributed by atoms with van der Waals surface area (Å²) in [5.74, 6) is 0. The van der Waals surface area contributed by atoms with Gasteiger partial charge in [0.15, 0.2) is 0 Å². The molecule has 0 amide bonds. The first kappa shape index (κ1) is 13.2. The Kier molecular flexibility index (Phi) is 4.96. The first-order valence-corrected chi connectivity index (χ1v) is 7.04. The van der Waals surface area contributed by atoms with E-state index in [0.29, 0.717) is 12.8 Å². The van der Waals surface area contributed by atoms with Crippen LogP contribution in [0, 0.1) is 0 Å². The fourth-order valence-electron chi connectivity index (χ4n) is 1.67. The molecule has 3 nitrogen and oxygen atoms in total. The highest BCUT2D eigenvalue weighted by Crippen LogP contribution is 2.15. The van der Waals surface area contributed by atoms with Crippen LogP contribution in [0.15, 0.2) is 30.3 Å². The molecule has 0 bridgehead atoms. The van der Waals surface area contributed by atoms with Crippen LogP contribution < -0.4 is 0 Å². The smallest absolute Gasteiger partial charge is 0.268 e. The summed E-state index contributed by atoms with van der Waals surface area (Å²) in [6, 6.07) is 9.39. The molecular weight excluding hydrogens is 224 g/mol. The quantitative estimate of drug-likeness (QED) is 0.780. The van der Waals surface area contributed by atoms with Crippen LogP contribution in [0.25, 0.3) is 0 Å². The van der Waals surface area contributed by atoms with Gasteiger partial charge in [-0.1, -0.05) is 50.1 Å². The second kappa shape index (κ2) is 6.01. The minimum Gasteiger partial charge on any atom is -0.285 e. The molecule has 0 aromatic heterocycles. The number of rotatable bonds is 6. The summed E-state index contributed by atoms with van der Waals surface area (Å²) in [5, 5.41) is -0.671. The van der Waals surface area contributed by atoms with Crippen LogP contribution in [0.5, 0.6) is 0 Å². The van der Waals surface area contributed by atoms with Crippen molar-refractivity contribution in [2.45, 2.75) is 37.9 Å². The zero-order valence-electron chi connectivity index (χ0n) is 9.46. The maximum atomic E-state index is 11.2. The van der Waals surface area contributed by atoms with E-state index < -0.39 is 15.4 Å². The molecule has 1 N–H and O–H groups in total. The lowest BCUT2D eigenvalue weighted by Gasteiger charge is -2.13. The zero-order chi connectivity index (χ0) is 12.0. The molecule has 1 aromatic rings. The van der Waals surface area contributed by atoms with Gasteiger partial charge in [-0.05, 0) is 18.4 Å². The predicted octanol–water partition coefficient (Wildman–Crippen LogP) is 2.68. The third kappa shape index (κ3) is 4.33. The SMILES string of the molecule is CCCCC(Cc1ccccc1)S(=O)(=O)O. The molecule has 0 heterocycles. The van der Waals surface area contributed by atoms with Gasteiger partial charge in [0.2, 0.25) is 0 Å². The van der Waals surface area contributed by atoms with Crippen LogP contribution in [0.1, 0.15) is 31.7 Å². The van der Waals surface area contributed by atoms with Crippen molar-refractivity contribution in [3.05, 3.63) is 35.9 Å². The highest BCUT2D eigenvalue weighted by atomic mass is 32.2. The summed E-state index contributed by atoms with van der Waals surface area (Å²) in [4.78, 5) is 0. The van der Waals surface area contributed by atoms with E-state index in [1.807, 2.05) is 37.3 Å². The molecule has 16 heavy (non-hydrogen) atoms. The van der Waals surface area contributed by atoms with E-state index in [1.165, 1.54) is 0 Å². The minimum absolute atomic E-state index is 0.389. The van der Waals surface area contributed by atoms with Crippen molar-refractivity contribution in [2.75, 3.05) is 0 Å². The Morgan fingerprint density at radius 2 is 1.88 bits per heavy atom. The normalized spacial score (nSPS) is 13.6. The van der Waals surface area contributed by atoms with E-state index in [4.69, 9.17) is 4.55 Å². The molecule has 1 rings (SSSR count). The summed E-state index contributed by atoms with van der Waals surface area (Å²) in [6.07, 6.45) is 2.65. The number of benzene rings is 1. The number of unbranched alkanes of at least 4 members (excludes halogenated alkanes) is 1. The number of hydrogen-bond acceptors (Lipinski definition) is 2. The van der Waals surface area contributed by atoms with Crippen LogP contribution in [-0.4, -0.2) is 18.2 Å². The molecule has 0 radical (unpaired) electrons. The molecule has 4 heteroatoms. The van der Waals surface area contributed by atoms with Crippen molar-refractivity contribution >= 4 is 10.1 Å². The lowest BCUT2D eigenvalue weighted by molar-refractivity contribution is 0.457. The Balaban J connectivity index is 2.72. The van der Waals surface area contributed by atoms with Gasteiger partial charge in [0.05, 0.1) is 5.25 Å². The van der Waals surface area contributed by atoms with Crippen molar-refractivity contribution in [1.82, 2.24) is 0 Å². The summed E-state index contributed by atoms with van der Waals surface area (Å²) >= 11 is 0. The first-order chi connectivity index (χ1) is 7.54. The van der Waals surface area contributed by atoms with Crippen LogP contribution >= 0.6 is 0 Å². The summed E-state index contributed by atoms with van der Waals surface area (Å²) in [7, 11) is -3.94. The Hall–Kier alpha value is -0.870. The van der Waals surface area contributed by atoms with Gasteiger partial charge in [-0.3, -0.25) is 4.55 Å². The summed E-state index contributed by atoms with van der Waals surface area (Å²) in [6.45, 7) is 2.00. The van der Waals surface area contributed by atoms with Gasteiger partial charge in [-0.15, -0.1) is 0 Å². The molecule has 0 saturated heterocycles. The van der Waals surface area contributed by atoms with E-state index in [-0.39, 0.29) is 0 Å². The fourth-order valence-corrected chi connectivity index (χ4v) is 2.53. The van der Waals surface area contributed by atoms with Crippen molar-refractivity contribution in [3.63, 3.8) is 0 Å². The van der Waals surface area contributed by atoms with Gasteiger partial charge in [0, 0.05) is 0 Å². The highest BCUT2D eigenvalue weighted by Gasteiger charge is 2.22. The molecule has 1 aromatic carbocycles. The van der Waals surface area contributed by atoms with Crippen LogP contribution in [-0.2, 0) is 16.5 Å². The van der Waals surface area contributed by atoms with E-state index in [0.717, 1.165) is 18.4 Å². The van der Waals surface area contributed by atoms with Crippen LogP contribution in [0.4, 0.5) is 0 Å². The lowest BCUT2D eigenvalue weighted by Crippen LogP contribution is -2.23. The first-order valence-electron chi connectivity index (χ1n) is 5.54. The van der Waals surface area contributed by atoms with Gasteiger partial charge in [0.1, 0.15) is 0 Å². The third-order valence-electron chi connectivity index (χ3n) is 2.61. The fraction of sp³-hybridized carbons (Fsp3) is 0.500. The number of hydrogen-bond donors (Lipinski definition) is 1. The molecular formula is C12H18O3S. The highest BCUT2D eigenvalue weighted by molar-refractivity contribution is 7.86. The topological polar surface area (TPSA) is 54.4 Å². The molecule has 0 spiro atoms. The van der Waals surface area contributed by atoms with E-state index in [2.05, 4.69) is 0 Å². The Morgan fingerprint density at radius 1 is 1.25 bits per heavy atom. The van der Waals surface area contributed by atoms with Gasteiger partial charge in [-0.2, -0.15) is 8.42 Å². The average Bonchev–Trinajstić information content (AvgIpc) is 2.24. The molecule has 1 unspecified atom stereocenters. The van der Waals surface area contributed by atoms with E-state index in [9.17, 15) is 8.42 Å². The van der Waals surface area contributed by atoms with Crippen molar-refractivity contribution < 1.29 is 13.0 Å². The third-order valence-corrected chi connectivity index (χ3v) is 3.85. The molecule has 0 aliphatic carbocycles. The summed E-state index contributed by atoms with van der Waals surface area (Å²) in [5.41, 5.74) is 0.946. The standard InChI is InChI=1S/C12H18O3S/c1-2-3-9-12(16(13,14)15)10-11-7-5-4-6-8-11/h4-8,12H,2-3,9-10H2,1H3,(H,13,14,15). The Morgan fingerprint density at radius 3 is 2.38 bits per heavy atom. The van der Waals surface area contributed by atoms with Crippen LogP contribution in [0.3, 0.4) is 0 Å². The zero-order valence-corrected chi connectivity index (χ0v) is 10.3. The minimum atomic E-state index is -3.94. The second-order valence-corrected chi connectivity index (χ2v) is 5.67. The molecule has 90 valence electrons. The van der Waals surface area contributed by atoms with Crippen molar-refractivity contribution in [1.29, 1.82) is 0 Å². The Bertz CT molecular complexity index is 398. The van der Waals surface area contributed by atoms with Crippen molar-refractivity contribution in [3.8, 4) is 0 Å². The lowest BCUT2D eigenvalue weighted by atomic mass is 10.1. The molecule has 1 atom stereocenters. The summed E-state index contributed by atoms with van der Waals surface area (Å²) < 4.78 is 31.5. The second-order valence-electron chi connectivity index (χ2n) is 3.97. The molecule has 0 saturated carbocycles. The van der Waals surface area contributed by atoms with Gasteiger partial charge in [0.25, 0.3) is 10.1 Å². The molecule has 0 fully saturated rings. The predicted molar refractivity (Wildman–Crippen MR) is 65.0 cm³/mol. The van der Waals surface area contributed by atoms with Gasteiger partial charge in [-0.25, -0.2) is 0 Å². The van der Waals surface area contributed by atoms with E-state index >= 15 is 0 Å². The largest absolute Gasteiger partial charge is 0.285 e.